The first-order chi connectivity index (χ1) is 9.49. The van der Waals surface area contributed by atoms with Crippen molar-refractivity contribution in [1.29, 1.82) is 0 Å². The van der Waals surface area contributed by atoms with Gasteiger partial charge in [-0.15, -0.1) is 0 Å². The molecule has 0 radical (unpaired) electrons. The van der Waals surface area contributed by atoms with E-state index in [1.54, 1.807) is 25.1 Å². The lowest BCUT2D eigenvalue weighted by molar-refractivity contribution is -0.385. The minimum Gasteiger partial charge on any atom is -0.431 e. The molecule has 0 amide bonds. The number of hydrogen-bond donors (Lipinski definition) is 1. The lowest BCUT2D eigenvalue weighted by Gasteiger charge is -2.11. The average molecular weight is 339 g/mol. The predicted octanol–water partition coefficient (Wildman–Crippen LogP) is 3.60. The van der Waals surface area contributed by atoms with Crippen LogP contribution in [-0.2, 0) is 0 Å². The number of pyridine rings is 1. The third-order valence-electron chi connectivity index (χ3n) is 2.57. The van der Waals surface area contributed by atoms with Gasteiger partial charge in [0.1, 0.15) is 0 Å². The van der Waals surface area contributed by atoms with Gasteiger partial charge in [0.2, 0.25) is 11.6 Å². The van der Waals surface area contributed by atoms with E-state index in [2.05, 4.69) is 20.9 Å². The normalized spacial score (nSPS) is 11.9. The van der Waals surface area contributed by atoms with Crippen molar-refractivity contribution in [3.8, 4) is 11.6 Å². The Bertz CT molecular complexity index is 646. The molecule has 2 aromatic rings. The number of hydrogen-bond acceptors (Lipinski definition) is 5. The Balaban J connectivity index is 2.43. The second kappa shape index (κ2) is 5.98. The van der Waals surface area contributed by atoms with E-state index in [0.717, 1.165) is 0 Å². The van der Waals surface area contributed by atoms with Gasteiger partial charge in [-0.1, -0.05) is 15.9 Å². The highest BCUT2D eigenvalue weighted by Crippen LogP contribution is 2.35. The van der Waals surface area contributed by atoms with Crippen molar-refractivity contribution >= 4 is 21.6 Å². The van der Waals surface area contributed by atoms with Crippen LogP contribution in [0.15, 0.2) is 41.0 Å². The van der Waals surface area contributed by atoms with Gasteiger partial charge in [0.05, 0.1) is 11.0 Å². The predicted molar refractivity (Wildman–Crippen MR) is 75.7 cm³/mol. The zero-order valence-electron chi connectivity index (χ0n) is 10.5. The molecule has 1 heterocycles. The van der Waals surface area contributed by atoms with Crippen LogP contribution in [0.1, 0.15) is 18.6 Å². The maximum atomic E-state index is 11.0. The first kappa shape index (κ1) is 14.4. The summed E-state index contributed by atoms with van der Waals surface area (Å²) in [4.78, 5) is 14.5. The van der Waals surface area contributed by atoms with Gasteiger partial charge in [-0.3, -0.25) is 10.1 Å². The number of nitrogens with zero attached hydrogens (tertiary/aromatic N) is 2. The van der Waals surface area contributed by atoms with Crippen LogP contribution >= 0.6 is 15.9 Å². The molecule has 1 atom stereocenters. The molecule has 2 rings (SSSR count). The van der Waals surface area contributed by atoms with Crippen molar-refractivity contribution in [2.24, 2.45) is 0 Å². The Kier molecular flexibility index (Phi) is 4.31. The molecular weight excluding hydrogens is 328 g/mol. The Morgan fingerprint density at radius 1 is 1.45 bits per heavy atom. The van der Waals surface area contributed by atoms with Crippen LogP contribution in [0.3, 0.4) is 0 Å². The molecule has 7 heteroatoms. The lowest BCUT2D eigenvalue weighted by Crippen LogP contribution is -2.00. The zero-order chi connectivity index (χ0) is 14.7. The molecule has 0 saturated carbocycles. The van der Waals surface area contributed by atoms with Gasteiger partial charge in [-0.2, -0.15) is 0 Å². The fraction of sp³-hybridized carbons (Fsp3) is 0.154. The van der Waals surface area contributed by atoms with Crippen molar-refractivity contribution in [3.63, 3.8) is 0 Å². The molecule has 0 aliphatic carbocycles. The van der Waals surface area contributed by atoms with Gasteiger partial charge in [-0.25, -0.2) is 4.98 Å². The highest BCUT2D eigenvalue weighted by atomic mass is 79.9. The third kappa shape index (κ3) is 3.12. The summed E-state index contributed by atoms with van der Waals surface area (Å²) in [5.74, 6) is 0.215. The fourth-order valence-electron chi connectivity index (χ4n) is 1.63. The summed E-state index contributed by atoms with van der Waals surface area (Å²) in [6, 6.07) is 7.76. The molecule has 20 heavy (non-hydrogen) atoms. The molecule has 1 aromatic heterocycles. The first-order valence-corrected chi connectivity index (χ1v) is 6.53. The van der Waals surface area contributed by atoms with Crippen LogP contribution in [-0.4, -0.2) is 15.0 Å². The Morgan fingerprint density at radius 3 is 2.85 bits per heavy atom. The minimum atomic E-state index is -0.784. The quantitative estimate of drug-likeness (QED) is 0.679. The van der Waals surface area contributed by atoms with Crippen LogP contribution in [0.2, 0.25) is 0 Å². The molecule has 1 aromatic carbocycles. The molecule has 0 spiro atoms. The van der Waals surface area contributed by atoms with Crippen LogP contribution < -0.4 is 4.74 Å². The van der Waals surface area contributed by atoms with Gasteiger partial charge in [0.25, 0.3) is 0 Å². The van der Waals surface area contributed by atoms with E-state index >= 15 is 0 Å². The number of aromatic nitrogens is 1. The molecular formula is C13H11BrN2O4. The van der Waals surface area contributed by atoms with Gasteiger partial charge in [0.15, 0.2) is 0 Å². The van der Waals surface area contributed by atoms with Crippen molar-refractivity contribution < 1.29 is 14.8 Å². The van der Waals surface area contributed by atoms with E-state index in [0.29, 0.717) is 10.0 Å². The maximum absolute atomic E-state index is 11.0. The summed E-state index contributed by atoms with van der Waals surface area (Å²) >= 11 is 3.17. The van der Waals surface area contributed by atoms with Crippen molar-refractivity contribution in [3.05, 3.63) is 56.7 Å². The fourth-order valence-corrected chi connectivity index (χ4v) is 1.98. The van der Waals surface area contributed by atoms with Crippen LogP contribution in [0, 0.1) is 10.1 Å². The van der Waals surface area contributed by atoms with Gasteiger partial charge < -0.3 is 9.84 Å². The lowest BCUT2D eigenvalue weighted by atomic mass is 10.2. The second-order valence-corrected chi connectivity index (χ2v) is 4.96. The monoisotopic (exact) mass is 338 g/mol. The van der Waals surface area contributed by atoms with Gasteiger partial charge in [0, 0.05) is 22.3 Å². The number of halogens is 1. The molecule has 104 valence electrons. The number of benzene rings is 1. The number of aliphatic hydroxyl groups excluding tert-OH is 1. The third-order valence-corrected chi connectivity index (χ3v) is 3.07. The summed E-state index contributed by atoms with van der Waals surface area (Å²) in [6.07, 6.45) is 0.708. The van der Waals surface area contributed by atoms with Crippen LogP contribution in [0.4, 0.5) is 5.69 Å². The molecule has 0 aliphatic heterocycles. The molecule has 0 fully saturated rings. The van der Waals surface area contributed by atoms with Gasteiger partial charge >= 0.3 is 5.69 Å². The van der Waals surface area contributed by atoms with E-state index < -0.39 is 11.0 Å². The summed E-state index contributed by atoms with van der Waals surface area (Å²) < 4.78 is 6.06. The van der Waals surface area contributed by atoms with Crippen molar-refractivity contribution in [1.82, 2.24) is 4.98 Å². The molecule has 0 saturated heterocycles. The van der Waals surface area contributed by atoms with Crippen molar-refractivity contribution in [2.45, 2.75) is 13.0 Å². The molecule has 1 N–H and O–H groups in total. The molecule has 0 unspecified atom stereocenters. The first-order valence-electron chi connectivity index (χ1n) is 5.74. The van der Waals surface area contributed by atoms with Crippen LogP contribution in [0.5, 0.6) is 11.6 Å². The number of nitro benzene ring substituents is 1. The smallest absolute Gasteiger partial charge is 0.312 e. The highest BCUT2D eigenvalue weighted by Gasteiger charge is 2.19. The Morgan fingerprint density at radius 2 is 2.20 bits per heavy atom. The topological polar surface area (TPSA) is 85.5 Å². The highest BCUT2D eigenvalue weighted by molar-refractivity contribution is 9.10. The number of ether oxygens (including phenoxy) is 1. The number of rotatable bonds is 4. The zero-order valence-corrected chi connectivity index (χ0v) is 12.1. The Hall–Kier alpha value is -1.99. The van der Waals surface area contributed by atoms with E-state index in [1.165, 1.54) is 18.3 Å². The number of aliphatic hydroxyl groups is 1. The molecule has 6 nitrogen and oxygen atoms in total. The summed E-state index contributed by atoms with van der Waals surface area (Å²) in [5, 5.41) is 20.7. The van der Waals surface area contributed by atoms with E-state index in [9.17, 15) is 15.2 Å². The number of nitro groups is 1. The average Bonchev–Trinajstić information content (AvgIpc) is 2.41. The van der Waals surface area contributed by atoms with Gasteiger partial charge in [-0.05, 0) is 31.2 Å². The van der Waals surface area contributed by atoms with Crippen molar-refractivity contribution in [2.75, 3.05) is 0 Å². The van der Waals surface area contributed by atoms with Crippen LogP contribution in [0.25, 0.3) is 0 Å². The SMILES string of the molecule is C[C@@H](O)c1cccnc1Oc1ccc(Br)cc1[N+](=O)[O-]. The maximum Gasteiger partial charge on any atom is 0.312 e. The second-order valence-electron chi connectivity index (χ2n) is 4.04. The summed E-state index contributed by atoms with van der Waals surface area (Å²) in [7, 11) is 0. The Labute approximate surface area is 123 Å². The molecule has 0 bridgehead atoms. The standard InChI is InChI=1S/C13H11BrN2O4/c1-8(17)10-3-2-6-15-13(10)20-12-5-4-9(14)7-11(12)16(18)19/h2-8,17H,1H3/t8-/m1/s1. The van der Waals surface area contributed by atoms with E-state index in [-0.39, 0.29) is 17.3 Å². The minimum absolute atomic E-state index is 0.0683. The largest absolute Gasteiger partial charge is 0.431 e. The summed E-state index contributed by atoms with van der Waals surface area (Å²) in [6.45, 7) is 1.57. The van der Waals surface area contributed by atoms with E-state index in [1.807, 2.05) is 0 Å². The van der Waals surface area contributed by atoms with E-state index in [4.69, 9.17) is 4.74 Å². The summed E-state index contributed by atoms with van der Waals surface area (Å²) in [5.41, 5.74) is 0.284. The molecule has 0 aliphatic rings.